The smallest absolute Gasteiger partial charge is 0.101 e. The van der Waals surface area contributed by atoms with Crippen LogP contribution in [0.15, 0.2) is 24.8 Å². The third-order valence-electron chi connectivity index (χ3n) is 1.61. The molecule has 0 aliphatic rings. The van der Waals surface area contributed by atoms with Crippen LogP contribution in [0.5, 0.6) is 0 Å². The number of rotatable bonds is 0. The summed E-state index contributed by atoms with van der Waals surface area (Å²) < 4.78 is 1.72. The summed E-state index contributed by atoms with van der Waals surface area (Å²) in [6, 6.07) is 3.68. The largest absolute Gasteiger partial charge is 0.304 e. The van der Waals surface area contributed by atoms with Crippen LogP contribution in [0.4, 0.5) is 0 Å². The van der Waals surface area contributed by atoms with Crippen molar-refractivity contribution in [3.63, 3.8) is 0 Å². The summed E-state index contributed by atoms with van der Waals surface area (Å²) in [6.07, 6.45) is 4.96. The van der Waals surface area contributed by atoms with Crippen LogP contribution < -0.4 is 0 Å². The number of imidazole rings is 1. The van der Waals surface area contributed by atoms with Crippen molar-refractivity contribution in [2.45, 2.75) is 0 Å². The fourth-order valence-electron chi connectivity index (χ4n) is 1.09. The molecule has 2 heterocycles. The van der Waals surface area contributed by atoms with Crippen LogP contribution in [0.1, 0.15) is 5.56 Å². The molecule has 0 bridgehead atoms. The second kappa shape index (κ2) is 2.50. The van der Waals surface area contributed by atoms with Gasteiger partial charge >= 0.3 is 0 Å². The molecule has 2 rings (SSSR count). The van der Waals surface area contributed by atoms with E-state index in [-0.39, 0.29) is 0 Å². The number of halogens is 1. The Kier molecular flexibility index (Phi) is 1.49. The Hall–Kier alpha value is -1.53. The van der Waals surface area contributed by atoms with E-state index in [1.165, 1.54) is 0 Å². The Morgan fingerprint density at radius 2 is 2.42 bits per heavy atom. The summed E-state index contributed by atoms with van der Waals surface area (Å²) in [7, 11) is 0. The molecule has 0 saturated carbocycles. The maximum absolute atomic E-state index is 8.73. The average Bonchev–Trinajstić information content (AvgIpc) is 2.50. The lowest BCUT2D eigenvalue weighted by Crippen LogP contribution is -1.85. The molecule has 2 aromatic heterocycles. The molecule has 3 nitrogen and oxygen atoms in total. The second-order valence-electron chi connectivity index (χ2n) is 2.37. The van der Waals surface area contributed by atoms with Crippen LogP contribution >= 0.6 is 11.6 Å². The van der Waals surface area contributed by atoms with E-state index in [1.54, 1.807) is 29.2 Å². The first-order chi connectivity index (χ1) is 5.81. The highest BCUT2D eigenvalue weighted by Crippen LogP contribution is 2.15. The molecule has 0 unspecified atom stereocenters. The molecule has 0 saturated heterocycles. The van der Waals surface area contributed by atoms with E-state index in [2.05, 4.69) is 11.1 Å². The van der Waals surface area contributed by atoms with Gasteiger partial charge in [-0.05, 0) is 6.07 Å². The highest BCUT2D eigenvalue weighted by Gasteiger charge is 2.01. The zero-order chi connectivity index (χ0) is 8.55. The minimum atomic E-state index is 0.539. The highest BCUT2D eigenvalue weighted by molar-refractivity contribution is 6.30. The van der Waals surface area contributed by atoms with E-state index < -0.39 is 0 Å². The molecule has 0 N–H and O–H groups in total. The molecule has 0 spiro atoms. The minimum absolute atomic E-state index is 0.539. The van der Waals surface area contributed by atoms with Gasteiger partial charge in [0.2, 0.25) is 0 Å². The van der Waals surface area contributed by atoms with Crippen LogP contribution in [0.25, 0.3) is 5.52 Å². The van der Waals surface area contributed by atoms with Gasteiger partial charge in [0.15, 0.2) is 0 Å². The van der Waals surface area contributed by atoms with Gasteiger partial charge in [-0.3, -0.25) is 0 Å². The molecule has 0 aliphatic heterocycles. The van der Waals surface area contributed by atoms with Crippen molar-refractivity contribution in [2.24, 2.45) is 0 Å². The highest BCUT2D eigenvalue weighted by atomic mass is 35.5. The first kappa shape index (κ1) is 7.14. The lowest BCUT2D eigenvalue weighted by Gasteiger charge is -1.96. The van der Waals surface area contributed by atoms with Crippen molar-refractivity contribution >= 4 is 17.1 Å². The van der Waals surface area contributed by atoms with Crippen molar-refractivity contribution in [2.75, 3.05) is 0 Å². The summed E-state index contributed by atoms with van der Waals surface area (Å²) in [4.78, 5) is 3.90. The Morgan fingerprint density at radius 3 is 3.17 bits per heavy atom. The van der Waals surface area contributed by atoms with Gasteiger partial charge in [-0.15, -0.1) is 0 Å². The Balaban J connectivity index is 2.91. The monoisotopic (exact) mass is 177 g/mol. The Morgan fingerprint density at radius 1 is 1.58 bits per heavy atom. The molecule has 0 aromatic carbocycles. The molecule has 0 radical (unpaired) electrons. The van der Waals surface area contributed by atoms with Gasteiger partial charge in [-0.25, -0.2) is 4.98 Å². The molecule has 0 aliphatic carbocycles. The zero-order valence-electron chi connectivity index (χ0n) is 6.03. The molecular weight excluding hydrogens is 174 g/mol. The predicted octanol–water partition coefficient (Wildman–Crippen LogP) is 1.86. The van der Waals surface area contributed by atoms with Crippen molar-refractivity contribution in [1.29, 1.82) is 5.26 Å². The number of aromatic nitrogens is 2. The SMILES string of the molecule is N#Cc1cc(Cl)cn2cncc12. The van der Waals surface area contributed by atoms with E-state index in [0.29, 0.717) is 10.6 Å². The quantitative estimate of drug-likeness (QED) is 0.616. The van der Waals surface area contributed by atoms with E-state index in [1.807, 2.05) is 0 Å². The Labute approximate surface area is 73.8 Å². The standard InChI is InChI=1S/C8H4ClN3/c9-7-1-6(2-10)8-3-11-5-12(8)4-7/h1,3-5H. The molecular formula is C8H4ClN3. The summed E-state index contributed by atoms with van der Waals surface area (Å²) in [5.41, 5.74) is 1.32. The molecule has 0 fully saturated rings. The molecule has 0 amide bonds. The van der Waals surface area contributed by atoms with E-state index in [4.69, 9.17) is 16.9 Å². The van der Waals surface area contributed by atoms with Crippen molar-refractivity contribution < 1.29 is 0 Å². The number of hydrogen-bond donors (Lipinski definition) is 0. The van der Waals surface area contributed by atoms with Gasteiger partial charge in [0.05, 0.1) is 28.6 Å². The number of hydrogen-bond acceptors (Lipinski definition) is 2. The number of nitriles is 1. The first-order valence-electron chi connectivity index (χ1n) is 3.32. The summed E-state index contributed by atoms with van der Waals surface area (Å²) in [5, 5.41) is 9.27. The number of fused-ring (bicyclic) bond motifs is 1. The normalized spacial score (nSPS) is 10.0. The molecule has 58 valence electrons. The van der Waals surface area contributed by atoms with E-state index >= 15 is 0 Å². The van der Waals surface area contributed by atoms with Crippen LogP contribution in [0.3, 0.4) is 0 Å². The fraction of sp³-hybridized carbons (Fsp3) is 0. The first-order valence-corrected chi connectivity index (χ1v) is 3.70. The fourth-order valence-corrected chi connectivity index (χ4v) is 1.30. The van der Waals surface area contributed by atoms with Gasteiger partial charge in [0.25, 0.3) is 0 Å². The van der Waals surface area contributed by atoms with Gasteiger partial charge in [0.1, 0.15) is 6.07 Å². The molecule has 2 aromatic rings. The summed E-state index contributed by atoms with van der Waals surface area (Å²) >= 11 is 5.76. The summed E-state index contributed by atoms with van der Waals surface area (Å²) in [5.74, 6) is 0. The predicted molar refractivity (Wildman–Crippen MR) is 44.9 cm³/mol. The topological polar surface area (TPSA) is 41.1 Å². The van der Waals surface area contributed by atoms with Gasteiger partial charge < -0.3 is 4.40 Å². The maximum Gasteiger partial charge on any atom is 0.101 e. The number of nitrogens with zero attached hydrogens (tertiary/aromatic N) is 3. The van der Waals surface area contributed by atoms with E-state index in [0.717, 1.165) is 5.52 Å². The van der Waals surface area contributed by atoms with Crippen LogP contribution in [0.2, 0.25) is 5.02 Å². The lowest BCUT2D eigenvalue weighted by molar-refractivity contribution is 1.15. The summed E-state index contributed by atoms with van der Waals surface area (Å²) in [6.45, 7) is 0. The van der Waals surface area contributed by atoms with Crippen LogP contribution in [-0.4, -0.2) is 9.38 Å². The third kappa shape index (κ3) is 0.936. The van der Waals surface area contributed by atoms with Crippen molar-refractivity contribution in [1.82, 2.24) is 9.38 Å². The molecule has 4 heteroatoms. The molecule has 0 atom stereocenters. The third-order valence-corrected chi connectivity index (χ3v) is 1.81. The van der Waals surface area contributed by atoms with Gasteiger partial charge in [-0.1, -0.05) is 11.6 Å². The second-order valence-corrected chi connectivity index (χ2v) is 2.81. The van der Waals surface area contributed by atoms with Crippen molar-refractivity contribution in [3.05, 3.63) is 35.4 Å². The zero-order valence-corrected chi connectivity index (χ0v) is 6.78. The van der Waals surface area contributed by atoms with Crippen LogP contribution in [0, 0.1) is 11.3 Å². The lowest BCUT2D eigenvalue weighted by atomic mass is 10.2. The van der Waals surface area contributed by atoms with Gasteiger partial charge in [-0.2, -0.15) is 5.26 Å². The Bertz CT molecular complexity index is 467. The van der Waals surface area contributed by atoms with Crippen molar-refractivity contribution in [3.8, 4) is 6.07 Å². The number of pyridine rings is 1. The van der Waals surface area contributed by atoms with E-state index in [9.17, 15) is 0 Å². The molecule has 12 heavy (non-hydrogen) atoms. The average molecular weight is 178 g/mol. The minimum Gasteiger partial charge on any atom is -0.304 e. The van der Waals surface area contributed by atoms with Crippen LogP contribution in [-0.2, 0) is 0 Å². The van der Waals surface area contributed by atoms with Gasteiger partial charge in [0, 0.05) is 6.20 Å². The maximum atomic E-state index is 8.73.